The lowest BCUT2D eigenvalue weighted by molar-refractivity contribution is -0.144. The second-order valence-corrected chi connectivity index (χ2v) is 3.48. The number of amides is 1. The SMILES string of the molecule is CC(Cl)C(=O)N[C@H](CO)CC(F)(F)F. The third-order valence-corrected chi connectivity index (χ3v) is 1.60. The monoisotopic (exact) mass is 233 g/mol. The molecule has 1 unspecified atom stereocenters. The zero-order valence-corrected chi connectivity index (χ0v) is 8.19. The van der Waals surface area contributed by atoms with Crippen LogP contribution in [-0.2, 0) is 4.79 Å². The van der Waals surface area contributed by atoms with Crippen LogP contribution in [0.1, 0.15) is 13.3 Å². The number of carbonyl (C=O) groups is 1. The molecule has 0 saturated carbocycles. The second kappa shape index (κ2) is 5.41. The first-order chi connectivity index (χ1) is 6.26. The second-order valence-electron chi connectivity index (χ2n) is 2.82. The van der Waals surface area contributed by atoms with Crippen LogP contribution < -0.4 is 5.32 Å². The van der Waals surface area contributed by atoms with Crippen LogP contribution in [-0.4, -0.2) is 35.2 Å². The minimum atomic E-state index is -4.42. The maximum atomic E-state index is 11.8. The normalized spacial score (nSPS) is 16.1. The number of aliphatic hydroxyl groups excluding tert-OH is 1. The van der Waals surface area contributed by atoms with Crippen LogP contribution in [0.2, 0.25) is 0 Å². The Morgan fingerprint density at radius 3 is 2.36 bits per heavy atom. The van der Waals surface area contributed by atoms with E-state index >= 15 is 0 Å². The van der Waals surface area contributed by atoms with Gasteiger partial charge in [0.1, 0.15) is 5.38 Å². The first-order valence-corrected chi connectivity index (χ1v) is 4.32. The molecule has 0 aliphatic carbocycles. The summed E-state index contributed by atoms with van der Waals surface area (Å²) in [5, 5.41) is 9.62. The van der Waals surface area contributed by atoms with E-state index in [1.54, 1.807) is 0 Å². The standard InChI is InChI=1S/C7H11ClF3NO2/c1-4(8)6(14)12-5(3-13)2-7(9,10)11/h4-5,13H,2-3H2,1H3,(H,12,14)/t4?,5-/m0/s1. The molecule has 0 aromatic carbocycles. The van der Waals surface area contributed by atoms with Crippen LogP contribution in [0, 0.1) is 0 Å². The number of rotatable bonds is 4. The Morgan fingerprint density at radius 2 is 2.07 bits per heavy atom. The van der Waals surface area contributed by atoms with E-state index in [-0.39, 0.29) is 0 Å². The van der Waals surface area contributed by atoms with Gasteiger partial charge in [-0.05, 0) is 6.92 Å². The van der Waals surface area contributed by atoms with Crippen LogP contribution in [0.4, 0.5) is 13.2 Å². The van der Waals surface area contributed by atoms with Gasteiger partial charge in [0.15, 0.2) is 0 Å². The summed E-state index contributed by atoms with van der Waals surface area (Å²) in [6.07, 6.45) is -5.69. The summed E-state index contributed by atoms with van der Waals surface area (Å²) in [5.41, 5.74) is 0. The van der Waals surface area contributed by atoms with Crippen molar-refractivity contribution in [2.45, 2.75) is 30.9 Å². The molecule has 14 heavy (non-hydrogen) atoms. The average molecular weight is 234 g/mol. The molecule has 0 saturated heterocycles. The minimum Gasteiger partial charge on any atom is -0.394 e. The molecule has 2 N–H and O–H groups in total. The third kappa shape index (κ3) is 6.04. The molecule has 0 fully saturated rings. The number of hydrogen-bond acceptors (Lipinski definition) is 2. The molecule has 0 aromatic rings. The Labute approximate surface area is 84.2 Å². The first-order valence-electron chi connectivity index (χ1n) is 3.88. The molecule has 0 heterocycles. The van der Waals surface area contributed by atoms with Gasteiger partial charge in [0.25, 0.3) is 0 Å². The van der Waals surface area contributed by atoms with Gasteiger partial charge in [-0.3, -0.25) is 4.79 Å². The summed E-state index contributed by atoms with van der Waals surface area (Å²) in [7, 11) is 0. The van der Waals surface area contributed by atoms with Crippen LogP contribution in [0.5, 0.6) is 0 Å². The fraction of sp³-hybridized carbons (Fsp3) is 0.857. The fourth-order valence-electron chi connectivity index (χ4n) is 0.757. The van der Waals surface area contributed by atoms with Crippen molar-refractivity contribution >= 4 is 17.5 Å². The molecular formula is C7H11ClF3NO2. The Kier molecular flexibility index (Phi) is 5.22. The van der Waals surface area contributed by atoms with Gasteiger partial charge in [-0.25, -0.2) is 0 Å². The quantitative estimate of drug-likeness (QED) is 0.713. The lowest BCUT2D eigenvalue weighted by Crippen LogP contribution is -2.43. The van der Waals surface area contributed by atoms with E-state index in [0.717, 1.165) is 0 Å². The molecule has 0 bridgehead atoms. The molecule has 0 radical (unpaired) electrons. The highest BCUT2D eigenvalue weighted by Crippen LogP contribution is 2.21. The van der Waals surface area contributed by atoms with Crippen molar-refractivity contribution in [3.05, 3.63) is 0 Å². The molecule has 7 heteroatoms. The third-order valence-electron chi connectivity index (χ3n) is 1.41. The van der Waals surface area contributed by atoms with Gasteiger partial charge in [-0.15, -0.1) is 11.6 Å². The Hall–Kier alpha value is -0.490. The summed E-state index contributed by atoms with van der Waals surface area (Å²) < 4.78 is 35.5. The summed E-state index contributed by atoms with van der Waals surface area (Å²) >= 11 is 5.33. The molecule has 0 aliphatic rings. The van der Waals surface area contributed by atoms with Crippen LogP contribution in [0.25, 0.3) is 0 Å². The minimum absolute atomic E-state index is 0.727. The predicted octanol–water partition coefficient (Wildman–Crippen LogP) is 1.04. The predicted molar refractivity (Wildman–Crippen MR) is 45.0 cm³/mol. The Morgan fingerprint density at radius 1 is 1.57 bits per heavy atom. The smallest absolute Gasteiger partial charge is 0.391 e. The summed E-state index contributed by atoms with van der Waals surface area (Å²) in [5.74, 6) is -0.727. The fourth-order valence-corrected chi connectivity index (χ4v) is 0.820. The van der Waals surface area contributed by atoms with Crippen molar-refractivity contribution < 1.29 is 23.1 Å². The van der Waals surface area contributed by atoms with Crippen LogP contribution >= 0.6 is 11.6 Å². The van der Waals surface area contributed by atoms with Gasteiger partial charge in [0.2, 0.25) is 5.91 Å². The molecule has 84 valence electrons. The molecular weight excluding hydrogens is 223 g/mol. The van der Waals surface area contributed by atoms with Crippen molar-refractivity contribution in [2.75, 3.05) is 6.61 Å². The van der Waals surface area contributed by atoms with E-state index in [9.17, 15) is 18.0 Å². The van der Waals surface area contributed by atoms with Crippen LogP contribution in [0.15, 0.2) is 0 Å². The number of aliphatic hydroxyl groups is 1. The van der Waals surface area contributed by atoms with E-state index in [2.05, 4.69) is 0 Å². The molecule has 0 aliphatic heterocycles. The maximum absolute atomic E-state index is 11.8. The summed E-state index contributed by atoms with van der Waals surface area (Å²) in [6.45, 7) is 0.563. The lowest BCUT2D eigenvalue weighted by atomic mass is 10.2. The molecule has 3 nitrogen and oxygen atoms in total. The van der Waals surface area contributed by atoms with Gasteiger partial charge in [0.05, 0.1) is 19.1 Å². The average Bonchev–Trinajstić information content (AvgIpc) is 2.00. The van der Waals surface area contributed by atoms with Crippen molar-refractivity contribution in [2.24, 2.45) is 0 Å². The highest BCUT2D eigenvalue weighted by Gasteiger charge is 2.32. The van der Waals surface area contributed by atoms with Gasteiger partial charge in [-0.2, -0.15) is 13.2 Å². The van der Waals surface area contributed by atoms with E-state index in [0.29, 0.717) is 0 Å². The van der Waals surface area contributed by atoms with Crippen molar-refractivity contribution in [1.29, 1.82) is 0 Å². The van der Waals surface area contributed by atoms with Crippen LogP contribution in [0.3, 0.4) is 0 Å². The van der Waals surface area contributed by atoms with E-state index in [1.165, 1.54) is 6.92 Å². The first kappa shape index (κ1) is 13.5. The molecule has 2 atom stereocenters. The summed E-state index contributed by atoms with van der Waals surface area (Å²) in [6, 6.07) is -1.33. The lowest BCUT2D eigenvalue weighted by Gasteiger charge is -2.18. The number of hydrogen-bond donors (Lipinski definition) is 2. The molecule has 0 spiro atoms. The topological polar surface area (TPSA) is 49.3 Å². The highest BCUT2D eigenvalue weighted by molar-refractivity contribution is 6.30. The summed E-state index contributed by atoms with van der Waals surface area (Å²) in [4.78, 5) is 10.9. The molecule has 0 rings (SSSR count). The number of halogens is 4. The number of nitrogens with one attached hydrogen (secondary N) is 1. The van der Waals surface area contributed by atoms with Gasteiger partial charge in [-0.1, -0.05) is 0 Å². The maximum Gasteiger partial charge on any atom is 0.391 e. The van der Waals surface area contributed by atoms with E-state index in [4.69, 9.17) is 16.7 Å². The number of alkyl halides is 4. The van der Waals surface area contributed by atoms with Crippen molar-refractivity contribution in [3.8, 4) is 0 Å². The van der Waals surface area contributed by atoms with Gasteiger partial charge in [0, 0.05) is 0 Å². The van der Waals surface area contributed by atoms with Crippen molar-refractivity contribution in [1.82, 2.24) is 5.32 Å². The largest absolute Gasteiger partial charge is 0.394 e. The van der Waals surface area contributed by atoms with E-state index < -0.39 is 36.5 Å². The van der Waals surface area contributed by atoms with Gasteiger partial charge >= 0.3 is 6.18 Å². The Bertz CT molecular complexity index is 196. The zero-order chi connectivity index (χ0) is 11.4. The van der Waals surface area contributed by atoms with Crippen molar-refractivity contribution in [3.63, 3.8) is 0 Å². The zero-order valence-electron chi connectivity index (χ0n) is 7.44. The highest BCUT2D eigenvalue weighted by atomic mass is 35.5. The molecule has 1 amide bonds. The van der Waals surface area contributed by atoms with E-state index in [1.807, 2.05) is 5.32 Å². The Balaban J connectivity index is 4.10. The van der Waals surface area contributed by atoms with Gasteiger partial charge < -0.3 is 10.4 Å². The number of carbonyl (C=O) groups excluding carboxylic acids is 1. The molecule has 0 aromatic heterocycles.